The van der Waals surface area contributed by atoms with E-state index in [-0.39, 0.29) is 0 Å². The molecule has 0 radical (unpaired) electrons. The lowest BCUT2D eigenvalue weighted by Crippen LogP contribution is -2.62. The van der Waals surface area contributed by atoms with E-state index in [9.17, 15) is 0 Å². The molecule has 2 aliphatic rings. The van der Waals surface area contributed by atoms with Crippen molar-refractivity contribution in [3.8, 4) is 0 Å². The highest BCUT2D eigenvalue weighted by Gasteiger charge is 2.32. The molecule has 0 amide bonds. The first-order valence-corrected chi connectivity index (χ1v) is 8.20. The van der Waals surface area contributed by atoms with Gasteiger partial charge in [0.1, 0.15) is 0 Å². The Morgan fingerprint density at radius 2 is 1.95 bits per heavy atom. The molecular weight excluding hydrogens is 234 g/mol. The Morgan fingerprint density at radius 3 is 2.58 bits per heavy atom. The molecular formula is C16H33N3. The second kappa shape index (κ2) is 6.55. The van der Waals surface area contributed by atoms with Gasteiger partial charge >= 0.3 is 0 Å². The highest BCUT2D eigenvalue weighted by molar-refractivity contribution is 4.93. The van der Waals surface area contributed by atoms with Gasteiger partial charge in [0.15, 0.2) is 0 Å². The Morgan fingerprint density at radius 1 is 1.26 bits per heavy atom. The fourth-order valence-corrected chi connectivity index (χ4v) is 3.42. The molecule has 2 atom stereocenters. The fourth-order valence-electron chi connectivity index (χ4n) is 3.42. The first-order valence-electron chi connectivity index (χ1n) is 8.20. The van der Waals surface area contributed by atoms with Crippen molar-refractivity contribution in [3.63, 3.8) is 0 Å². The number of nitrogens with one attached hydrogen (secondary N) is 1. The lowest BCUT2D eigenvalue weighted by molar-refractivity contribution is 0.0822. The highest BCUT2D eigenvalue weighted by Crippen LogP contribution is 2.23. The van der Waals surface area contributed by atoms with Crippen LogP contribution in [0.15, 0.2) is 0 Å². The molecule has 0 aromatic heterocycles. The monoisotopic (exact) mass is 267 g/mol. The zero-order valence-electron chi connectivity index (χ0n) is 13.4. The first kappa shape index (κ1) is 15.3. The predicted molar refractivity (Wildman–Crippen MR) is 82.6 cm³/mol. The SMILES string of the molecule is CCC1(C)CN(CCC2CCN(C)CC2)C(C)CN1. The van der Waals surface area contributed by atoms with Crippen molar-refractivity contribution in [1.29, 1.82) is 0 Å². The molecule has 0 aliphatic carbocycles. The minimum Gasteiger partial charge on any atom is -0.309 e. The molecule has 0 bridgehead atoms. The summed E-state index contributed by atoms with van der Waals surface area (Å²) in [6.07, 6.45) is 5.44. The number of hydrogen-bond acceptors (Lipinski definition) is 3. The number of piperazine rings is 1. The normalized spacial score (nSPS) is 35.7. The fraction of sp³-hybridized carbons (Fsp3) is 1.00. The largest absolute Gasteiger partial charge is 0.309 e. The standard InChI is InChI=1S/C16H33N3/c1-5-16(3)13-19(14(2)12-17-16)11-8-15-6-9-18(4)10-7-15/h14-15,17H,5-13H2,1-4H3. The number of hydrogen-bond donors (Lipinski definition) is 1. The molecule has 2 heterocycles. The van der Waals surface area contributed by atoms with Crippen LogP contribution in [0.1, 0.15) is 46.5 Å². The van der Waals surface area contributed by atoms with Gasteiger partial charge in [-0.1, -0.05) is 6.92 Å². The maximum Gasteiger partial charge on any atom is 0.0278 e. The van der Waals surface area contributed by atoms with E-state index < -0.39 is 0 Å². The third-order valence-electron chi connectivity index (χ3n) is 5.44. The van der Waals surface area contributed by atoms with Crippen molar-refractivity contribution in [2.45, 2.75) is 58.0 Å². The third-order valence-corrected chi connectivity index (χ3v) is 5.44. The topological polar surface area (TPSA) is 18.5 Å². The van der Waals surface area contributed by atoms with Gasteiger partial charge in [-0.05, 0) is 72.1 Å². The molecule has 0 aromatic carbocycles. The number of nitrogens with zero attached hydrogens (tertiary/aromatic N) is 2. The molecule has 0 saturated carbocycles. The van der Waals surface area contributed by atoms with Crippen LogP contribution < -0.4 is 5.32 Å². The van der Waals surface area contributed by atoms with Crippen LogP contribution in [0.5, 0.6) is 0 Å². The number of piperidine rings is 1. The third kappa shape index (κ3) is 4.17. The quantitative estimate of drug-likeness (QED) is 0.842. The Bertz CT molecular complexity index is 273. The van der Waals surface area contributed by atoms with Crippen LogP contribution in [0.3, 0.4) is 0 Å². The molecule has 2 unspecified atom stereocenters. The molecule has 2 fully saturated rings. The van der Waals surface area contributed by atoms with Crippen molar-refractivity contribution < 1.29 is 0 Å². The van der Waals surface area contributed by atoms with Gasteiger partial charge in [-0.15, -0.1) is 0 Å². The van der Waals surface area contributed by atoms with Crippen LogP contribution in [0.25, 0.3) is 0 Å². The minimum absolute atomic E-state index is 0.333. The molecule has 112 valence electrons. The van der Waals surface area contributed by atoms with Crippen molar-refractivity contribution in [3.05, 3.63) is 0 Å². The van der Waals surface area contributed by atoms with Gasteiger partial charge in [-0.25, -0.2) is 0 Å². The second-order valence-electron chi connectivity index (χ2n) is 7.15. The van der Waals surface area contributed by atoms with Crippen LogP contribution >= 0.6 is 0 Å². The van der Waals surface area contributed by atoms with Crippen LogP contribution in [0, 0.1) is 5.92 Å². The lowest BCUT2D eigenvalue weighted by Gasteiger charge is -2.45. The first-order chi connectivity index (χ1) is 9.02. The van der Waals surface area contributed by atoms with Crippen LogP contribution in [0.4, 0.5) is 0 Å². The average Bonchev–Trinajstić information content (AvgIpc) is 2.42. The summed E-state index contributed by atoms with van der Waals surface area (Å²) in [4.78, 5) is 5.19. The minimum atomic E-state index is 0.333. The summed E-state index contributed by atoms with van der Waals surface area (Å²) < 4.78 is 0. The Balaban J connectivity index is 1.77. The summed E-state index contributed by atoms with van der Waals surface area (Å²) in [6, 6.07) is 0.700. The van der Waals surface area contributed by atoms with Crippen molar-refractivity contribution in [2.75, 3.05) is 39.8 Å². The molecule has 2 saturated heterocycles. The van der Waals surface area contributed by atoms with Gasteiger partial charge in [0.05, 0.1) is 0 Å². The van der Waals surface area contributed by atoms with E-state index in [1.165, 1.54) is 51.9 Å². The Hall–Kier alpha value is -0.120. The molecule has 0 aromatic rings. The van der Waals surface area contributed by atoms with E-state index in [1.807, 2.05) is 0 Å². The van der Waals surface area contributed by atoms with Gasteiger partial charge < -0.3 is 10.2 Å². The predicted octanol–water partition coefficient (Wildman–Crippen LogP) is 2.18. The molecule has 3 heteroatoms. The maximum atomic E-state index is 3.72. The summed E-state index contributed by atoms with van der Waals surface area (Å²) in [5.41, 5.74) is 0.333. The van der Waals surface area contributed by atoms with Crippen molar-refractivity contribution >= 4 is 0 Å². The summed E-state index contributed by atoms with van der Waals surface area (Å²) in [5, 5.41) is 3.72. The zero-order chi connectivity index (χ0) is 13.9. The van der Waals surface area contributed by atoms with Crippen LogP contribution in [0.2, 0.25) is 0 Å². The van der Waals surface area contributed by atoms with E-state index in [0.29, 0.717) is 11.6 Å². The second-order valence-corrected chi connectivity index (χ2v) is 7.15. The summed E-state index contributed by atoms with van der Waals surface area (Å²) in [7, 11) is 2.25. The van der Waals surface area contributed by atoms with Gasteiger partial charge in [-0.2, -0.15) is 0 Å². The summed E-state index contributed by atoms with van der Waals surface area (Å²) in [5.74, 6) is 0.964. The molecule has 0 spiro atoms. The molecule has 2 aliphatic heterocycles. The summed E-state index contributed by atoms with van der Waals surface area (Å²) >= 11 is 0. The number of rotatable bonds is 4. The van der Waals surface area contributed by atoms with E-state index >= 15 is 0 Å². The zero-order valence-corrected chi connectivity index (χ0v) is 13.4. The smallest absolute Gasteiger partial charge is 0.0278 e. The van der Waals surface area contributed by atoms with Gasteiger partial charge in [0, 0.05) is 24.7 Å². The van der Waals surface area contributed by atoms with E-state index in [2.05, 4.69) is 42.9 Å². The van der Waals surface area contributed by atoms with E-state index in [1.54, 1.807) is 0 Å². The Labute approximate surface area is 119 Å². The molecule has 3 nitrogen and oxygen atoms in total. The average molecular weight is 267 g/mol. The maximum absolute atomic E-state index is 3.72. The molecule has 19 heavy (non-hydrogen) atoms. The van der Waals surface area contributed by atoms with Gasteiger partial charge in [0.2, 0.25) is 0 Å². The lowest BCUT2D eigenvalue weighted by atomic mass is 9.91. The van der Waals surface area contributed by atoms with Crippen molar-refractivity contribution in [2.24, 2.45) is 5.92 Å². The van der Waals surface area contributed by atoms with E-state index in [4.69, 9.17) is 0 Å². The number of likely N-dealkylation sites (tertiary alicyclic amines) is 1. The Kier molecular flexibility index (Phi) is 5.27. The molecule has 1 N–H and O–H groups in total. The van der Waals surface area contributed by atoms with Crippen LogP contribution in [-0.4, -0.2) is 61.2 Å². The molecule has 2 rings (SSSR count). The van der Waals surface area contributed by atoms with Gasteiger partial charge in [-0.3, -0.25) is 4.90 Å². The van der Waals surface area contributed by atoms with E-state index in [0.717, 1.165) is 12.5 Å². The van der Waals surface area contributed by atoms with Gasteiger partial charge in [0.25, 0.3) is 0 Å². The van der Waals surface area contributed by atoms with Crippen LogP contribution in [-0.2, 0) is 0 Å². The summed E-state index contributed by atoms with van der Waals surface area (Å²) in [6.45, 7) is 13.3. The highest BCUT2D eigenvalue weighted by atomic mass is 15.2. The van der Waals surface area contributed by atoms with Crippen molar-refractivity contribution in [1.82, 2.24) is 15.1 Å².